The number of benzene rings is 9. The summed E-state index contributed by atoms with van der Waals surface area (Å²) in [5.74, 6) is 0. The van der Waals surface area contributed by atoms with Crippen LogP contribution >= 0.6 is 42.7 Å². The summed E-state index contributed by atoms with van der Waals surface area (Å²) in [5, 5.41) is 2.60. The van der Waals surface area contributed by atoms with Gasteiger partial charge in [-0.15, -0.1) is 22.7 Å². The summed E-state index contributed by atoms with van der Waals surface area (Å²) >= 11 is 3.95. The highest BCUT2D eigenvalue weighted by Crippen LogP contribution is 2.56. The third-order valence-corrected chi connectivity index (χ3v) is 21.4. The standard InChI is InChI=1S/C64H52B2N4S4/c1-73(2,3)45-35-53-59-55(37-45)69(43-27-15-9-16-28-43)61-47-31-19-21-33-57(47)71-63(61)65(59)49-39-50-52(40-51(49)67(53)41-23-11-7-12-24-41)68(42-25-13-8-14-26-42)54-36-46(74(4,5)6)38-56-60(54)66(50)64-62(48-32-20-22-34-58(48)72-64)70(56)44-29-17-10-18-30-44/h7-40H,1-6H3. The highest BCUT2D eigenvalue weighted by molar-refractivity contribution is 8.32. The summed E-state index contributed by atoms with van der Waals surface area (Å²) in [6.45, 7) is -0.0540. The molecular formula is C64H52B2N4S4. The maximum Gasteiger partial charge on any atom is 0.264 e. The summed E-state index contributed by atoms with van der Waals surface area (Å²) in [5.41, 5.74) is 20.3. The largest absolute Gasteiger partial charge is 0.311 e. The first-order valence-corrected chi connectivity index (χ1v) is 32.7. The zero-order chi connectivity index (χ0) is 49.8. The molecule has 6 heterocycles. The van der Waals surface area contributed by atoms with Gasteiger partial charge in [0.2, 0.25) is 0 Å². The smallest absolute Gasteiger partial charge is 0.264 e. The fourth-order valence-corrected chi connectivity index (χ4v) is 16.9. The number of hydrogen-bond donors (Lipinski definition) is 0. The number of anilines is 12. The van der Waals surface area contributed by atoms with Gasteiger partial charge in [0.05, 0.1) is 11.4 Å². The van der Waals surface area contributed by atoms with E-state index in [1.165, 1.54) is 118 Å². The van der Waals surface area contributed by atoms with Crippen LogP contribution in [-0.2, 0) is 0 Å². The van der Waals surface area contributed by atoms with Gasteiger partial charge in [-0.2, -0.15) is 0 Å². The first-order chi connectivity index (χ1) is 36.0. The van der Waals surface area contributed by atoms with E-state index in [4.69, 9.17) is 0 Å². The fourth-order valence-electron chi connectivity index (χ4n) is 12.4. The van der Waals surface area contributed by atoms with Crippen molar-refractivity contribution in [1.82, 2.24) is 0 Å². The molecule has 4 aliphatic rings. The Bertz CT molecular complexity index is 3830. The molecule has 0 bridgehead atoms. The average molecular weight is 1030 g/mol. The Morgan fingerprint density at radius 2 is 0.635 bits per heavy atom. The van der Waals surface area contributed by atoms with Crippen molar-refractivity contribution in [3.63, 3.8) is 0 Å². The lowest BCUT2D eigenvalue weighted by atomic mass is 9.32. The minimum atomic E-state index is -1.20. The molecule has 0 aliphatic carbocycles. The number of hydrogen-bond acceptors (Lipinski definition) is 6. The molecule has 0 saturated carbocycles. The van der Waals surface area contributed by atoms with Gasteiger partial charge in [-0.3, -0.25) is 0 Å². The van der Waals surface area contributed by atoms with Crippen LogP contribution < -0.4 is 51.0 Å². The zero-order valence-electron chi connectivity index (χ0n) is 42.2. The second kappa shape index (κ2) is 16.2. The first kappa shape index (κ1) is 44.4. The summed E-state index contributed by atoms with van der Waals surface area (Å²) in [7, 11) is -2.40. The van der Waals surface area contributed by atoms with E-state index in [2.05, 4.69) is 263 Å². The van der Waals surface area contributed by atoms with Crippen molar-refractivity contribution < 1.29 is 0 Å². The van der Waals surface area contributed by atoms with Crippen LogP contribution in [0.4, 0.5) is 68.2 Å². The molecule has 4 nitrogen and oxygen atoms in total. The second-order valence-electron chi connectivity index (χ2n) is 21.6. The van der Waals surface area contributed by atoms with Gasteiger partial charge >= 0.3 is 0 Å². The van der Waals surface area contributed by atoms with Crippen molar-refractivity contribution in [3.05, 3.63) is 206 Å². The normalized spacial score (nSPS) is 14.6. The molecule has 0 amide bonds. The monoisotopic (exact) mass is 1030 g/mol. The summed E-state index contributed by atoms with van der Waals surface area (Å²) in [6.07, 6.45) is 14.7. The molecule has 0 radical (unpaired) electrons. The number of rotatable bonds is 6. The molecule has 74 heavy (non-hydrogen) atoms. The van der Waals surface area contributed by atoms with Crippen LogP contribution in [0.15, 0.2) is 216 Å². The molecule has 15 rings (SSSR count). The average Bonchev–Trinajstić information content (AvgIpc) is 4.10. The SMILES string of the molecule is CS(C)(C)c1cc2c3c(c1)N(c1ccccc1)c1c(sc4ccccc14)B3c1cc3c(cc1N2c1ccccc1)N(c1ccccc1)c1cc(S(C)(C)C)cc2c1B3c1sc3ccccc3c1N2c1ccccc1. The predicted octanol–water partition coefficient (Wildman–Crippen LogP) is 14.4. The van der Waals surface area contributed by atoms with Crippen molar-refractivity contribution in [2.24, 2.45) is 0 Å². The Morgan fingerprint density at radius 1 is 0.324 bits per heavy atom. The lowest BCUT2D eigenvalue weighted by Crippen LogP contribution is -2.64. The molecule has 0 unspecified atom stereocenters. The maximum absolute atomic E-state index is 2.69. The van der Waals surface area contributed by atoms with Gasteiger partial charge < -0.3 is 19.6 Å². The lowest BCUT2D eigenvalue weighted by Gasteiger charge is -2.47. The topological polar surface area (TPSA) is 13.0 Å². The third kappa shape index (κ3) is 6.44. The highest BCUT2D eigenvalue weighted by Gasteiger charge is 2.50. The quantitative estimate of drug-likeness (QED) is 0.154. The lowest BCUT2D eigenvalue weighted by molar-refractivity contribution is 1.22. The Labute approximate surface area is 446 Å². The Morgan fingerprint density at radius 3 is 0.986 bits per heavy atom. The van der Waals surface area contributed by atoms with E-state index in [-0.39, 0.29) is 13.4 Å². The molecule has 10 heteroatoms. The van der Waals surface area contributed by atoms with Crippen LogP contribution in [0.1, 0.15) is 0 Å². The Balaban J connectivity index is 1.11. The summed E-state index contributed by atoms with van der Waals surface area (Å²) in [6, 6.07) is 78.4. The number of thiophene rings is 2. The van der Waals surface area contributed by atoms with Crippen molar-refractivity contribution in [3.8, 4) is 0 Å². The predicted molar refractivity (Wildman–Crippen MR) is 333 cm³/mol. The molecule has 358 valence electrons. The van der Waals surface area contributed by atoms with Crippen LogP contribution in [-0.4, -0.2) is 51.0 Å². The number of nitrogens with zero attached hydrogens (tertiary/aromatic N) is 4. The third-order valence-electron chi connectivity index (χ3n) is 15.7. The van der Waals surface area contributed by atoms with E-state index in [1.54, 1.807) is 0 Å². The van der Waals surface area contributed by atoms with E-state index in [9.17, 15) is 0 Å². The Hall–Kier alpha value is -7.07. The first-order valence-electron chi connectivity index (χ1n) is 25.4. The molecule has 0 atom stereocenters. The maximum atomic E-state index is 2.69. The van der Waals surface area contributed by atoms with Gasteiger partial charge in [-0.25, -0.2) is 20.1 Å². The van der Waals surface area contributed by atoms with E-state index in [1.807, 2.05) is 22.7 Å². The molecule has 0 spiro atoms. The van der Waals surface area contributed by atoms with Gasteiger partial charge in [-0.1, -0.05) is 115 Å². The van der Waals surface area contributed by atoms with Crippen molar-refractivity contribution in [2.45, 2.75) is 9.79 Å². The molecule has 11 aromatic rings. The number of fused-ring (bicyclic) bond motifs is 12. The molecule has 9 aromatic carbocycles. The summed E-state index contributed by atoms with van der Waals surface area (Å²) in [4.78, 5) is 13.3. The number of para-hydroxylation sites is 4. The van der Waals surface area contributed by atoms with E-state index in [0.29, 0.717) is 0 Å². The van der Waals surface area contributed by atoms with Gasteiger partial charge in [0.25, 0.3) is 13.4 Å². The second-order valence-corrected chi connectivity index (χ2v) is 32.0. The van der Waals surface area contributed by atoms with E-state index < -0.39 is 20.1 Å². The van der Waals surface area contributed by atoms with Gasteiger partial charge in [0, 0.05) is 86.6 Å². The minimum Gasteiger partial charge on any atom is -0.311 e. The van der Waals surface area contributed by atoms with Crippen LogP contribution in [0, 0.1) is 0 Å². The van der Waals surface area contributed by atoms with Crippen LogP contribution in [0.5, 0.6) is 0 Å². The molecule has 0 saturated heterocycles. The van der Waals surface area contributed by atoms with Gasteiger partial charge in [-0.05, 0) is 160 Å². The molecule has 0 fully saturated rings. The van der Waals surface area contributed by atoms with Gasteiger partial charge in [0.15, 0.2) is 0 Å². The van der Waals surface area contributed by atoms with Crippen molar-refractivity contribution >= 4 is 176 Å². The van der Waals surface area contributed by atoms with E-state index in [0.717, 1.165) is 11.4 Å². The Kier molecular flexibility index (Phi) is 9.73. The van der Waals surface area contributed by atoms with Crippen LogP contribution in [0.3, 0.4) is 0 Å². The fraction of sp³-hybridized carbons (Fsp3) is 0.0938. The van der Waals surface area contributed by atoms with E-state index >= 15 is 0 Å². The van der Waals surface area contributed by atoms with Crippen LogP contribution in [0.25, 0.3) is 20.2 Å². The molecule has 0 N–H and O–H groups in total. The van der Waals surface area contributed by atoms with Gasteiger partial charge in [0.1, 0.15) is 0 Å². The molecular weight excluding hydrogens is 975 g/mol. The zero-order valence-corrected chi connectivity index (χ0v) is 45.5. The molecule has 2 aromatic heterocycles. The minimum absolute atomic E-state index is 0.0270. The molecule has 4 aliphatic heterocycles. The van der Waals surface area contributed by atoms with Crippen molar-refractivity contribution in [1.29, 1.82) is 0 Å². The van der Waals surface area contributed by atoms with Crippen LogP contribution in [0.2, 0.25) is 0 Å². The summed E-state index contributed by atoms with van der Waals surface area (Å²) < 4.78 is 5.41. The highest BCUT2D eigenvalue weighted by atomic mass is 32.3. The van der Waals surface area contributed by atoms with Crippen molar-refractivity contribution in [2.75, 3.05) is 57.1 Å².